The van der Waals surface area contributed by atoms with Crippen LogP contribution < -0.4 is 5.32 Å². The number of thioether (sulfide) groups is 1. The number of amides is 1. The van der Waals surface area contributed by atoms with Gasteiger partial charge in [0.25, 0.3) is 0 Å². The van der Waals surface area contributed by atoms with Crippen molar-refractivity contribution >= 4 is 17.7 Å². The fourth-order valence-corrected chi connectivity index (χ4v) is 1.81. The molecule has 0 saturated heterocycles. The van der Waals surface area contributed by atoms with E-state index in [2.05, 4.69) is 10.3 Å². The summed E-state index contributed by atoms with van der Waals surface area (Å²) >= 11 is 1.51. The number of carbonyl (C=O) groups excluding carboxylic acids is 1. The zero-order valence-electron chi connectivity index (χ0n) is 9.22. The molecule has 0 spiro atoms. The first kappa shape index (κ1) is 13.0. The van der Waals surface area contributed by atoms with Gasteiger partial charge in [0.15, 0.2) is 0 Å². The quantitative estimate of drug-likeness (QED) is 0.772. The van der Waals surface area contributed by atoms with Crippen molar-refractivity contribution in [3.05, 3.63) is 30.1 Å². The minimum atomic E-state index is -0.496. The highest BCUT2D eigenvalue weighted by molar-refractivity contribution is 7.99. The summed E-state index contributed by atoms with van der Waals surface area (Å²) in [5, 5.41) is 11.6. The van der Waals surface area contributed by atoms with E-state index in [0.29, 0.717) is 12.3 Å². The molecule has 0 fully saturated rings. The summed E-state index contributed by atoms with van der Waals surface area (Å²) in [5.74, 6) is 1.06. The Morgan fingerprint density at radius 2 is 2.44 bits per heavy atom. The fourth-order valence-electron chi connectivity index (χ4n) is 1.04. The monoisotopic (exact) mass is 240 g/mol. The van der Waals surface area contributed by atoms with Crippen LogP contribution in [0, 0.1) is 0 Å². The van der Waals surface area contributed by atoms with E-state index in [1.54, 1.807) is 13.1 Å². The lowest BCUT2D eigenvalue weighted by Crippen LogP contribution is -2.31. The highest BCUT2D eigenvalue weighted by Gasteiger charge is 2.03. The maximum atomic E-state index is 11.3. The first-order valence-corrected chi connectivity index (χ1v) is 6.26. The van der Waals surface area contributed by atoms with Crippen LogP contribution in [0.1, 0.15) is 12.6 Å². The molecular weight excluding hydrogens is 224 g/mol. The van der Waals surface area contributed by atoms with Crippen LogP contribution in [0.3, 0.4) is 0 Å². The third-order valence-electron chi connectivity index (χ3n) is 1.80. The van der Waals surface area contributed by atoms with Gasteiger partial charge in [-0.25, -0.2) is 0 Å². The Labute approximate surface area is 99.5 Å². The lowest BCUT2D eigenvalue weighted by molar-refractivity contribution is -0.118. The predicted octanol–water partition coefficient (Wildman–Crippen LogP) is 0.812. The number of hydrogen-bond acceptors (Lipinski definition) is 4. The topological polar surface area (TPSA) is 62.2 Å². The number of rotatable bonds is 6. The molecule has 88 valence electrons. The average Bonchev–Trinajstić information content (AvgIpc) is 2.28. The maximum absolute atomic E-state index is 11.3. The summed E-state index contributed by atoms with van der Waals surface area (Å²) in [7, 11) is 0. The minimum absolute atomic E-state index is 0.0539. The summed E-state index contributed by atoms with van der Waals surface area (Å²) in [6.07, 6.45) is 1.24. The van der Waals surface area contributed by atoms with Crippen molar-refractivity contribution in [1.29, 1.82) is 0 Å². The van der Waals surface area contributed by atoms with Gasteiger partial charge in [0.2, 0.25) is 5.91 Å². The summed E-state index contributed by atoms with van der Waals surface area (Å²) in [6, 6.07) is 5.72. The van der Waals surface area contributed by atoms with Crippen molar-refractivity contribution in [3.8, 4) is 0 Å². The number of hydrogen-bond donors (Lipinski definition) is 2. The summed E-state index contributed by atoms with van der Waals surface area (Å²) in [6.45, 7) is 1.95. The van der Waals surface area contributed by atoms with Crippen molar-refractivity contribution in [1.82, 2.24) is 10.3 Å². The van der Waals surface area contributed by atoms with Crippen molar-refractivity contribution in [2.45, 2.75) is 18.8 Å². The van der Waals surface area contributed by atoms with Crippen LogP contribution in [-0.2, 0) is 10.5 Å². The molecule has 0 radical (unpaired) electrons. The molecule has 1 aromatic rings. The number of pyridine rings is 1. The van der Waals surface area contributed by atoms with E-state index in [1.165, 1.54) is 11.8 Å². The predicted molar refractivity (Wildman–Crippen MR) is 65.1 cm³/mol. The minimum Gasteiger partial charge on any atom is -0.392 e. The molecule has 1 atom stereocenters. The molecular formula is C11H16N2O2S. The number of aliphatic hydroxyl groups is 1. The second-order valence-electron chi connectivity index (χ2n) is 3.47. The zero-order valence-corrected chi connectivity index (χ0v) is 10.0. The van der Waals surface area contributed by atoms with E-state index < -0.39 is 6.10 Å². The fraction of sp³-hybridized carbons (Fsp3) is 0.455. The van der Waals surface area contributed by atoms with Crippen LogP contribution in [0.5, 0.6) is 0 Å². The third-order valence-corrected chi connectivity index (χ3v) is 2.77. The van der Waals surface area contributed by atoms with Crippen molar-refractivity contribution in [2.24, 2.45) is 0 Å². The maximum Gasteiger partial charge on any atom is 0.230 e. The van der Waals surface area contributed by atoms with Gasteiger partial charge in [-0.15, -0.1) is 11.8 Å². The van der Waals surface area contributed by atoms with Gasteiger partial charge in [-0.05, 0) is 19.1 Å². The molecule has 4 nitrogen and oxygen atoms in total. The molecule has 2 N–H and O–H groups in total. The molecule has 0 saturated carbocycles. The van der Waals surface area contributed by atoms with Crippen LogP contribution in [0.25, 0.3) is 0 Å². The van der Waals surface area contributed by atoms with Gasteiger partial charge in [-0.1, -0.05) is 6.07 Å². The van der Waals surface area contributed by atoms with Gasteiger partial charge >= 0.3 is 0 Å². The average molecular weight is 240 g/mol. The van der Waals surface area contributed by atoms with Crippen LogP contribution in [0.15, 0.2) is 24.4 Å². The lowest BCUT2D eigenvalue weighted by atomic mass is 10.4. The van der Waals surface area contributed by atoms with E-state index in [1.807, 2.05) is 18.2 Å². The second-order valence-corrected chi connectivity index (χ2v) is 4.45. The number of carbonyl (C=O) groups is 1. The van der Waals surface area contributed by atoms with Gasteiger partial charge < -0.3 is 10.4 Å². The Kier molecular flexibility index (Phi) is 5.88. The van der Waals surface area contributed by atoms with Crippen LogP contribution in [0.2, 0.25) is 0 Å². The highest BCUT2D eigenvalue weighted by atomic mass is 32.2. The highest BCUT2D eigenvalue weighted by Crippen LogP contribution is 2.08. The summed E-state index contributed by atoms with van der Waals surface area (Å²) in [5.41, 5.74) is 0.968. The van der Waals surface area contributed by atoms with Gasteiger partial charge in [0, 0.05) is 18.5 Å². The normalized spacial score (nSPS) is 12.1. The van der Waals surface area contributed by atoms with Gasteiger partial charge in [0.05, 0.1) is 17.6 Å². The molecule has 1 amide bonds. The van der Waals surface area contributed by atoms with Crippen molar-refractivity contribution in [3.63, 3.8) is 0 Å². The molecule has 0 bridgehead atoms. The summed E-state index contributed by atoms with van der Waals surface area (Å²) in [4.78, 5) is 15.4. The first-order valence-electron chi connectivity index (χ1n) is 5.11. The van der Waals surface area contributed by atoms with Crippen LogP contribution >= 0.6 is 11.8 Å². The Hall–Kier alpha value is -1.07. The van der Waals surface area contributed by atoms with E-state index in [-0.39, 0.29) is 5.91 Å². The lowest BCUT2D eigenvalue weighted by Gasteiger charge is -2.06. The van der Waals surface area contributed by atoms with Crippen LogP contribution in [0.4, 0.5) is 0 Å². The molecule has 1 rings (SSSR count). The molecule has 0 aliphatic rings. The third kappa shape index (κ3) is 5.72. The van der Waals surface area contributed by atoms with Crippen molar-refractivity contribution in [2.75, 3.05) is 12.3 Å². The molecule has 0 aromatic carbocycles. The molecule has 0 aliphatic carbocycles. The number of aromatic nitrogens is 1. The standard InChI is InChI=1S/C11H16N2O2S/c1-9(14)6-13-11(15)8-16-7-10-4-2-3-5-12-10/h2-5,9,14H,6-8H2,1H3,(H,13,15). The molecule has 16 heavy (non-hydrogen) atoms. The summed E-state index contributed by atoms with van der Waals surface area (Å²) < 4.78 is 0. The van der Waals surface area contributed by atoms with Gasteiger partial charge in [-0.2, -0.15) is 0 Å². The number of nitrogens with one attached hydrogen (secondary N) is 1. The van der Waals surface area contributed by atoms with Gasteiger partial charge in [0.1, 0.15) is 0 Å². The number of nitrogens with zero attached hydrogens (tertiary/aromatic N) is 1. The Bertz CT molecular complexity index is 317. The van der Waals surface area contributed by atoms with Crippen molar-refractivity contribution < 1.29 is 9.90 Å². The van der Waals surface area contributed by atoms with E-state index in [0.717, 1.165) is 11.4 Å². The first-order chi connectivity index (χ1) is 7.68. The van der Waals surface area contributed by atoms with E-state index >= 15 is 0 Å². The molecule has 1 unspecified atom stereocenters. The SMILES string of the molecule is CC(O)CNC(=O)CSCc1ccccn1. The van der Waals surface area contributed by atoms with Gasteiger partial charge in [-0.3, -0.25) is 9.78 Å². The molecule has 0 aliphatic heterocycles. The Morgan fingerprint density at radius 1 is 1.62 bits per heavy atom. The zero-order chi connectivity index (χ0) is 11.8. The smallest absolute Gasteiger partial charge is 0.230 e. The Balaban J connectivity index is 2.13. The number of aliphatic hydroxyl groups excluding tert-OH is 1. The molecule has 5 heteroatoms. The van der Waals surface area contributed by atoms with E-state index in [4.69, 9.17) is 5.11 Å². The Morgan fingerprint density at radius 3 is 3.06 bits per heavy atom. The van der Waals surface area contributed by atoms with Crippen LogP contribution in [-0.4, -0.2) is 34.4 Å². The largest absolute Gasteiger partial charge is 0.392 e. The molecule has 1 heterocycles. The second kappa shape index (κ2) is 7.24. The van der Waals surface area contributed by atoms with E-state index in [9.17, 15) is 4.79 Å². The molecule has 1 aromatic heterocycles.